The third-order valence-electron chi connectivity index (χ3n) is 3.23. The highest BCUT2D eigenvalue weighted by Gasteiger charge is 2.02. The first-order valence-corrected chi connectivity index (χ1v) is 8.50. The van der Waals surface area contributed by atoms with Crippen LogP contribution in [0.3, 0.4) is 0 Å². The molecule has 0 aliphatic rings. The average Bonchev–Trinajstić information content (AvgIpc) is 2.61. The Morgan fingerprint density at radius 3 is 2.30 bits per heavy atom. The fourth-order valence-electron chi connectivity index (χ4n) is 1.94. The number of hydrogen-bond donors (Lipinski definition) is 0. The maximum atomic E-state index is 12.2. The van der Waals surface area contributed by atoms with Crippen LogP contribution < -0.4 is 9.47 Å². The molecule has 0 saturated carbocycles. The summed E-state index contributed by atoms with van der Waals surface area (Å²) < 4.78 is 10.7. The predicted octanol–water partition coefficient (Wildman–Crippen LogP) is 4.76. The lowest BCUT2D eigenvalue weighted by molar-refractivity contribution is 0.104. The summed E-state index contributed by atoms with van der Waals surface area (Å²) in [6.07, 6.45) is 4.32. The van der Waals surface area contributed by atoms with Gasteiger partial charge in [-0.3, -0.25) is 4.79 Å². The highest BCUT2D eigenvalue weighted by molar-refractivity contribution is 9.09. The maximum Gasteiger partial charge on any atom is 0.185 e. The van der Waals surface area contributed by atoms with Crippen LogP contribution in [0.15, 0.2) is 54.6 Å². The van der Waals surface area contributed by atoms with Gasteiger partial charge < -0.3 is 9.47 Å². The molecule has 2 aromatic rings. The van der Waals surface area contributed by atoms with E-state index in [-0.39, 0.29) is 5.78 Å². The monoisotopic (exact) mass is 374 g/mol. The van der Waals surface area contributed by atoms with Crippen molar-refractivity contribution in [2.45, 2.75) is 6.42 Å². The fourth-order valence-corrected chi connectivity index (χ4v) is 2.17. The van der Waals surface area contributed by atoms with Crippen molar-refractivity contribution in [2.75, 3.05) is 19.0 Å². The van der Waals surface area contributed by atoms with Gasteiger partial charge in [0.1, 0.15) is 11.5 Å². The van der Waals surface area contributed by atoms with Gasteiger partial charge in [-0.25, -0.2) is 0 Å². The molecular weight excluding hydrogens is 356 g/mol. The van der Waals surface area contributed by atoms with E-state index >= 15 is 0 Å². The number of carbonyl (C=O) groups excluding carboxylic acids is 1. The molecule has 120 valence electrons. The van der Waals surface area contributed by atoms with Crippen LogP contribution in [0, 0.1) is 0 Å². The Bertz CT molecular complexity index is 645. The van der Waals surface area contributed by atoms with E-state index in [0.717, 1.165) is 28.8 Å². The molecule has 0 N–H and O–H groups in total. The molecule has 0 radical (unpaired) electrons. The van der Waals surface area contributed by atoms with Crippen LogP contribution in [0.25, 0.3) is 6.08 Å². The normalized spacial score (nSPS) is 10.7. The van der Waals surface area contributed by atoms with Crippen molar-refractivity contribution in [1.29, 1.82) is 0 Å². The Balaban J connectivity index is 1.95. The molecule has 0 saturated heterocycles. The van der Waals surface area contributed by atoms with Crippen LogP contribution in [0.4, 0.5) is 0 Å². The van der Waals surface area contributed by atoms with Crippen molar-refractivity contribution in [3.63, 3.8) is 0 Å². The zero-order valence-electron chi connectivity index (χ0n) is 13.0. The molecule has 0 unspecified atom stereocenters. The molecule has 2 aromatic carbocycles. The third-order valence-corrected chi connectivity index (χ3v) is 3.79. The van der Waals surface area contributed by atoms with Crippen LogP contribution in [-0.4, -0.2) is 24.8 Å². The van der Waals surface area contributed by atoms with Gasteiger partial charge in [0.05, 0.1) is 13.7 Å². The lowest BCUT2D eigenvalue weighted by atomic mass is 10.1. The summed E-state index contributed by atoms with van der Waals surface area (Å²) in [7, 11) is 1.63. The van der Waals surface area contributed by atoms with Crippen LogP contribution >= 0.6 is 15.9 Å². The highest BCUT2D eigenvalue weighted by Crippen LogP contribution is 2.15. The number of methoxy groups -OCH3 is 1. The number of ketones is 1. The zero-order chi connectivity index (χ0) is 16.5. The molecular formula is C19H19BrO3. The minimum Gasteiger partial charge on any atom is -0.497 e. The van der Waals surface area contributed by atoms with Crippen molar-refractivity contribution < 1.29 is 14.3 Å². The predicted molar refractivity (Wildman–Crippen MR) is 96.7 cm³/mol. The van der Waals surface area contributed by atoms with Crippen molar-refractivity contribution in [1.82, 2.24) is 0 Å². The molecule has 0 aliphatic carbocycles. The molecule has 0 aliphatic heterocycles. The molecule has 4 heteroatoms. The molecule has 0 atom stereocenters. The number of carbonyl (C=O) groups is 1. The van der Waals surface area contributed by atoms with Crippen molar-refractivity contribution in [3.8, 4) is 11.5 Å². The summed E-state index contributed by atoms with van der Waals surface area (Å²) in [5, 5.41) is 0.916. The Kier molecular flexibility index (Phi) is 6.88. The molecule has 0 aromatic heterocycles. The van der Waals surface area contributed by atoms with E-state index in [1.165, 1.54) is 0 Å². The van der Waals surface area contributed by atoms with Crippen molar-refractivity contribution in [3.05, 3.63) is 65.7 Å². The number of rotatable bonds is 8. The molecule has 23 heavy (non-hydrogen) atoms. The minimum atomic E-state index is -0.0344. The SMILES string of the molecule is COc1ccc(/C=C/C(=O)c2ccc(OCCCBr)cc2)cc1. The van der Waals surface area contributed by atoms with E-state index in [9.17, 15) is 4.79 Å². The van der Waals surface area contributed by atoms with Gasteiger partial charge in [0, 0.05) is 10.9 Å². The Hall–Kier alpha value is -2.07. The summed E-state index contributed by atoms with van der Waals surface area (Å²) in [4.78, 5) is 12.2. The minimum absolute atomic E-state index is 0.0344. The van der Waals surface area contributed by atoms with Crippen molar-refractivity contribution >= 4 is 27.8 Å². The van der Waals surface area contributed by atoms with Gasteiger partial charge in [-0.15, -0.1) is 0 Å². The van der Waals surface area contributed by atoms with Crippen LogP contribution in [0.2, 0.25) is 0 Å². The summed E-state index contributed by atoms with van der Waals surface area (Å²) in [6.45, 7) is 0.663. The number of hydrogen-bond acceptors (Lipinski definition) is 3. The first-order valence-electron chi connectivity index (χ1n) is 7.38. The van der Waals surface area contributed by atoms with E-state index in [0.29, 0.717) is 12.2 Å². The Morgan fingerprint density at radius 1 is 1.04 bits per heavy atom. The smallest absolute Gasteiger partial charge is 0.185 e. The lowest BCUT2D eigenvalue weighted by Gasteiger charge is -2.05. The quantitative estimate of drug-likeness (QED) is 0.289. The summed E-state index contributed by atoms with van der Waals surface area (Å²) in [5.41, 5.74) is 1.59. The Labute approximate surface area is 145 Å². The second kappa shape index (κ2) is 9.16. The topological polar surface area (TPSA) is 35.5 Å². The molecule has 0 spiro atoms. The maximum absolute atomic E-state index is 12.2. The molecule has 0 bridgehead atoms. The van der Waals surface area contributed by atoms with E-state index < -0.39 is 0 Å². The van der Waals surface area contributed by atoms with Gasteiger partial charge in [-0.2, -0.15) is 0 Å². The zero-order valence-corrected chi connectivity index (χ0v) is 14.6. The Morgan fingerprint density at radius 2 is 1.70 bits per heavy atom. The number of alkyl halides is 1. The van der Waals surface area contributed by atoms with Gasteiger partial charge >= 0.3 is 0 Å². The number of benzene rings is 2. The van der Waals surface area contributed by atoms with Crippen molar-refractivity contribution in [2.24, 2.45) is 0 Å². The number of halogens is 1. The molecule has 0 heterocycles. The summed E-state index contributed by atoms with van der Waals surface area (Å²) in [6, 6.07) is 14.7. The van der Waals surface area contributed by atoms with Gasteiger partial charge in [0.2, 0.25) is 0 Å². The second-order valence-electron chi connectivity index (χ2n) is 4.89. The van der Waals surface area contributed by atoms with Crippen LogP contribution in [-0.2, 0) is 0 Å². The van der Waals surface area contributed by atoms with Gasteiger partial charge in [0.15, 0.2) is 5.78 Å². The standard InChI is InChI=1S/C19H19BrO3/c1-22-17-8-3-15(4-9-17)5-12-19(21)16-6-10-18(11-7-16)23-14-2-13-20/h3-12H,2,13-14H2,1H3/b12-5+. The summed E-state index contributed by atoms with van der Waals surface area (Å²) >= 11 is 3.36. The van der Waals surface area contributed by atoms with E-state index in [1.807, 2.05) is 36.4 Å². The van der Waals surface area contributed by atoms with Gasteiger partial charge in [-0.1, -0.05) is 34.1 Å². The summed E-state index contributed by atoms with van der Waals surface area (Å²) in [5.74, 6) is 1.54. The molecule has 0 amide bonds. The first-order chi connectivity index (χ1) is 11.2. The van der Waals surface area contributed by atoms with E-state index in [4.69, 9.17) is 9.47 Å². The highest BCUT2D eigenvalue weighted by atomic mass is 79.9. The van der Waals surface area contributed by atoms with Crippen LogP contribution in [0.5, 0.6) is 11.5 Å². The molecule has 3 nitrogen and oxygen atoms in total. The fraction of sp³-hybridized carbons (Fsp3) is 0.211. The van der Waals surface area contributed by atoms with Crippen LogP contribution in [0.1, 0.15) is 22.3 Å². The third kappa shape index (κ3) is 5.57. The average molecular weight is 375 g/mol. The largest absolute Gasteiger partial charge is 0.497 e. The van der Waals surface area contributed by atoms with Gasteiger partial charge in [0.25, 0.3) is 0 Å². The van der Waals surface area contributed by atoms with E-state index in [1.54, 1.807) is 31.4 Å². The first kappa shape index (κ1) is 17.3. The lowest BCUT2D eigenvalue weighted by Crippen LogP contribution is -1.99. The second-order valence-corrected chi connectivity index (χ2v) is 5.68. The van der Waals surface area contributed by atoms with Gasteiger partial charge in [-0.05, 0) is 54.5 Å². The van der Waals surface area contributed by atoms with E-state index in [2.05, 4.69) is 15.9 Å². The number of ether oxygens (including phenoxy) is 2. The number of allylic oxidation sites excluding steroid dienone is 1. The molecule has 0 fully saturated rings. The molecule has 2 rings (SSSR count).